The molecule has 0 unspecified atom stereocenters. The Balaban J connectivity index is 2.13. The van der Waals surface area contributed by atoms with Crippen molar-refractivity contribution in [2.24, 2.45) is 0 Å². The van der Waals surface area contributed by atoms with Crippen molar-refractivity contribution in [3.8, 4) is 0 Å². The highest BCUT2D eigenvalue weighted by Crippen LogP contribution is 2.20. The molecule has 3 aromatic heterocycles. The molecule has 0 atom stereocenters. The summed E-state index contributed by atoms with van der Waals surface area (Å²) in [7, 11) is 0. The number of fused-ring (bicyclic) bond motifs is 1. The molecule has 0 bridgehead atoms. The molecule has 0 spiro atoms. The lowest BCUT2D eigenvalue weighted by molar-refractivity contribution is 0.421. The summed E-state index contributed by atoms with van der Waals surface area (Å²) in [6, 6.07) is 2.00. The van der Waals surface area contributed by atoms with E-state index in [1.165, 1.54) is 0 Å². The predicted molar refractivity (Wildman–Crippen MR) is 70.4 cm³/mol. The number of H-pyrrole nitrogens is 1. The summed E-state index contributed by atoms with van der Waals surface area (Å²) in [4.78, 5) is 11.5. The van der Waals surface area contributed by atoms with Crippen LogP contribution in [0.3, 0.4) is 0 Å². The molecule has 1 N–H and O–H groups in total. The molecule has 0 radical (unpaired) electrons. The van der Waals surface area contributed by atoms with Crippen LogP contribution in [-0.4, -0.2) is 15.4 Å². The first-order valence-corrected chi connectivity index (χ1v) is 6.25. The molecule has 3 rings (SSSR count). The maximum Gasteiger partial charge on any atom is 0.294 e. The fraction of sp³-hybridized carbons (Fsp3) is 0.0833. The maximum atomic E-state index is 11.5. The highest BCUT2D eigenvalue weighted by Gasteiger charge is 2.12. The van der Waals surface area contributed by atoms with Crippen LogP contribution in [0.25, 0.3) is 23.1 Å². The van der Waals surface area contributed by atoms with Crippen LogP contribution in [-0.2, 0) is 0 Å². The summed E-state index contributed by atoms with van der Waals surface area (Å²) in [5.41, 5.74) is 1.72. The molecule has 0 aliphatic rings. The van der Waals surface area contributed by atoms with E-state index in [1.54, 1.807) is 24.3 Å². The summed E-state index contributed by atoms with van der Waals surface area (Å²) in [5.74, 6) is 0.548. The molecule has 3 heterocycles. The van der Waals surface area contributed by atoms with E-state index in [9.17, 15) is 4.79 Å². The van der Waals surface area contributed by atoms with Crippen molar-refractivity contribution in [1.82, 2.24) is 15.4 Å². The van der Waals surface area contributed by atoms with Crippen LogP contribution in [0, 0.1) is 6.92 Å². The first-order chi connectivity index (χ1) is 8.75. The number of nitrogens with one attached hydrogen (secondary N) is 1. The number of thiophene rings is 1. The summed E-state index contributed by atoms with van der Waals surface area (Å²) >= 11 is 1.62. The molecule has 5 nitrogen and oxygen atoms in total. The number of aryl methyl sites for hydroxylation is 1. The molecule has 18 heavy (non-hydrogen) atoms. The van der Waals surface area contributed by atoms with Gasteiger partial charge in [0.1, 0.15) is 0 Å². The zero-order valence-electron chi connectivity index (χ0n) is 9.51. The third-order valence-corrected chi connectivity index (χ3v) is 3.29. The molecule has 3 aromatic rings. The van der Waals surface area contributed by atoms with Crippen molar-refractivity contribution < 1.29 is 4.52 Å². The van der Waals surface area contributed by atoms with E-state index in [2.05, 4.69) is 15.4 Å². The van der Waals surface area contributed by atoms with Gasteiger partial charge in [0.15, 0.2) is 11.3 Å². The van der Waals surface area contributed by atoms with Gasteiger partial charge in [0.2, 0.25) is 0 Å². The highest BCUT2D eigenvalue weighted by atomic mass is 32.1. The molecule has 0 saturated heterocycles. The van der Waals surface area contributed by atoms with E-state index in [1.807, 2.05) is 22.9 Å². The minimum atomic E-state index is -0.338. The second-order valence-electron chi connectivity index (χ2n) is 3.80. The van der Waals surface area contributed by atoms with Gasteiger partial charge in [0.25, 0.3) is 5.56 Å². The average Bonchev–Trinajstić information content (AvgIpc) is 3.00. The lowest BCUT2D eigenvalue weighted by atomic mass is 10.2. The molecule has 0 aliphatic heterocycles. The van der Waals surface area contributed by atoms with Crippen molar-refractivity contribution in [2.45, 2.75) is 6.92 Å². The van der Waals surface area contributed by atoms with E-state index in [0.717, 1.165) is 5.56 Å². The minimum Gasteiger partial charge on any atom is -0.355 e. The van der Waals surface area contributed by atoms with Gasteiger partial charge >= 0.3 is 0 Å². The average molecular weight is 259 g/mol. The van der Waals surface area contributed by atoms with Crippen LogP contribution < -0.4 is 5.56 Å². The monoisotopic (exact) mass is 259 g/mol. The minimum absolute atomic E-state index is 0.285. The number of hydrogen-bond donors (Lipinski definition) is 1. The van der Waals surface area contributed by atoms with Crippen LogP contribution in [0.15, 0.2) is 26.1 Å². The Morgan fingerprint density at radius 3 is 3.11 bits per heavy atom. The fourth-order valence-corrected chi connectivity index (χ4v) is 2.33. The van der Waals surface area contributed by atoms with Crippen molar-refractivity contribution in [3.63, 3.8) is 0 Å². The number of hydrogen-bond acceptors (Lipinski definition) is 5. The third kappa shape index (κ3) is 1.76. The largest absolute Gasteiger partial charge is 0.355 e. The molecule has 90 valence electrons. The zero-order chi connectivity index (χ0) is 12.5. The Morgan fingerprint density at radius 2 is 2.33 bits per heavy atom. The Kier molecular flexibility index (Phi) is 2.56. The standard InChI is InChI=1S/C12H9N3O2S/c1-7-10-9(3-2-8-4-5-18-6-8)17-15-11(10)12(16)14-13-7/h2-6H,1H3,(H,14,16)/b3-2+. The topological polar surface area (TPSA) is 71.8 Å². The molecule has 0 aromatic carbocycles. The number of aromatic amines is 1. The van der Waals surface area contributed by atoms with Gasteiger partial charge < -0.3 is 4.52 Å². The Morgan fingerprint density at radius 1 is 1.44 bits per heavy atom. The van der Waals surface area contributed by atoms with Gasteiger partial charge in [-0.2, -0.15) is 16.4 Å². The lowest BCUT2D eigenvalue weighted by Gasteiger charge is -1.92. The van der Waals surface area contributed by atoms with Crippen LogP contribution in [0.1, 0.15) is 17.0 Å². The molecule has 0 saturated carbocycles. The van der Waals surface area contributed by atoms with Crippen LogP contribution in [0.5, 0.6) is 0 Å². The summed E-state index contributed by atoms with van der Waals surface area (Å²) in [6.07, 6.45) is 3.71. The summed E-state index contributed by atoms with van der Waals surface area (Å²) < 4.78 is 5.18. The van der Waals surface area contributed by atoms with Crippen molar-refractivity contribution in [1.29, 1.82) is 0 Å². The highest BCUT2D eigenvalue weighted by molar-refractivity contribution is 7.08. The second-order valence-corrected chi connectivity index (χ2v) is 4.58. The summed E-state index contributed by atoms with van der Waals surface area (Å²) in [5, 5.41) is 14.7. The lowest BCUT2D eigenvalue weighted by Crippen LogP contribution is -2.09. The Hall–Kier alpha value is -2.21. The maximum absolute atomic E-state index is 11.5. The number of aromatic nitrogens is 3. The van der Waals surface area contributed by atoms with Crippen LogP contribution >= 0.6 is 11.3 Å². The molecule has 0 amide bonds. The van der Waals surface area contributed by atoms with Gasteiger partial charge in [-0.25, -0.2) is 5.10 Å². The number of nitrogens with zero attached hydrogens (tertiary/aromatic N) is 2. The second kappa shape index (κ2) is 4.23. The smallest absolute Gasteiger partial charge is 0.294 e. The van der Waals surface area contributed by atoms with Gasteiger partial charge in [-0.3, -0.25) is 4.79 Å². The van der Waals surface area contributed by atoms with Gasteiger partial charge in [-0.1, -0.05) is 11.2 Å². The van der Waals surface area contributed by atoms with Gasteiger partial charge in [0, 0.05) is 0 Å². The molecule has 6 heteroatoms. The molecular formula is C12H9N3O2S. The molecular weight excluding hydrogens is 250 g/mol. The fourth-order valence-electron chi connectivity index (χ4n) is 1.71. The quantitative estimate of drug-likeness (QED) is 0.767. The van der Waals surface area contributed by atoms with Crippen molar-refractivity contribution >= 4 is 34.4 Å². The van der Waals surface area contributed by atoms with E-state index < -0.39 is 0 Å². The van der Waals surface area contributed by atoms with Gasteiger partial charge in [-0.15, -0.1) is 0 Å². The Labute approximate surface area is 106 Å². The third-order valence-electron chi connectivity index (χ3n) is 2.59. The predicted octanol–water partition coefficient (Wildman–Crippen LogP) is 2.45. The van der Waals surface area contributed by atoms with E-state index >= 15 is 0 Å². The van der Waals surface area contributed by atoms with E-state index in [-0.39, 0.29) is 11.1 Å². The molecule has 0 aliphatic carbocycles. The number of rotatable bonds is 2. The molecule has 0 fully saturated rings. The van der Waals surface area contributed by atoms with Crippen LogP contribution in [0.2, 0.25) is 0 Å². The van der Waals surface area contributed by atoms with Crippen LogP contribution in [0.4, 0.5) is 0 Å². The van der Waals surface area contributed by atoms with Crippen molar-refractivity contribution in [2.75, 3.05) is 0 Å². The SMILES string of the molecule is Cc1n[nH]c(=O)c2noc(/C=C/c3ccsc3)c12. The van der Waals surface area contributed by atoms with Gasteiger partial charge in [-0.05, 0) is 35.4 Å². The van der Waals surface area contributed by atoms with Crippen molar-refractivity contribution in [3.05, 3.63) is 44.2 Å². The normalized spacial score (nSPS) is 11.6. The van der Waals surface area contributed by atoms with Gasteiger partial charge in [0.05, 0.1) is 11.1 Å². The Bertz CT molecular complexity index is 768. The first kappa shape index (κ1) is 10.9. The van der Waals surface area contributed by atoms with E-state index in [0.29, 0.717) is 16.8 Å². The zero-order valence-corrected chi connectivity index (χ0v) is 10.3. The van der Waals surface area contributed by atoms with E-state index in [4.69, 9.17) is 4.52 Å². The summed E-state index contributed by atoms with van der Waals surface area (Å²) in [6.45, 7) is 1.80. The first-order valence-electron chi connectivity index (χ1n) is 5.30.